The first kappa shape index (κ1) is 18.4. The molecule has 2 heterocycles. The van der Waals surface area contributed by atoms with E-state index in [2.05, 4.69) is 11.0 Å². The lowest BCUT2D eigenvalue weighted by Gasteiger charge is -2.52. The first-order chi connectivity index (χ1) is 14.1. The molecule has 1 N–H and O–H groups in total. The van der Waals surface area contributed by atoms with E-state index < -0.39 is 5.60 Å². The lowest BCUT2D eigenvalue weighted by Crippen LogP contribution is -2.58. The summed E-state index contributed by atoms with van der Waals surface area (Å²) in [5.41, 5.74) is 2.00. The Morgan fingerprint density at radius 3 is 2.59 bits per heavy atom. The van der Waals surface area contributed by atoms with Crippen molar-refractivity contribution in [2.45, 2.75) is 43.7 Å². The predicted molar refractivity (Wildman–Crippen MR) is 115 cm³/mol. The average Bonchev–Trinajstić information content (AvgIpc) is 3.11. The van der Waals surface area contributed by atoms with Gasteiger partial charge >= 0.3 is 0 Å². The van der Waals surface area contributed by atoms with Gasteiger partial charge in [0, 0.05) is 42.7 Å². The number of benzene rings is 2. The van der Waals surface area contributed by atoms with Crippen molar-refractivity contribution < 1.29 is 9.90 Å². The van der Waals surface area contributed by atoms with E-state index in [1.54, 1.807) is 0 Å². The number of aryl methyl sites for hydroxylation is 1. The zero-order valence-corrected chi connectivity index (χ0v) is 16.9. The maximum atomic E-state index is 13.7. The third kappa shape index (κ3) is 2.89. The summed E-state index contributed by atoms with van der Waals surface area (Å²) in [5, 5.41) is 12.8. The molecule has 2 aromatic carbocycles. The molecular weight excluding hydrogens is 360 g/mol. The van der Waals surface area contributed by atoms with Crippen LogP contribution in [0.1, 0.15) is 48.0 Å². The minimum Gasteiger partial charge on any atom is -0.385 e. The van der Waals surface area contributed by atoms with Gasteiger partial charge in [-0.2, -0.15) is 0 Å². The Morgan fingerprint density at radius 2 is 1.76 bits per heavy atom. The molecule has 2 aliphatic rings. The summed E-state index contributed by atoms with van der Waals surface area (Å²) in [4.78, 5) is 15.7. The van der Waals surface area contributed by atoms with E-state index in [4.69, 9.17) is 0 Å². The number of carbonyl (C=O) groups is 1. The first-order valence-electron chi connectivity index (χ1n) is 10.7. The van der Waals surface area contributed by atoms with Gasteiger partial charge in [0.15, 0.2) is 0 Å². The van der Waals surface area contributed by atoms with Crippen molar-refractivity contribution in [3.8, 4) is 0 Å². The van der Waals surface area contributed by atoms with Gasteiger partial charge in [-0.15, -0.1) is 0 Å². The fourth-order valence-corrected chi connectivity index (χ4v) is 5.69. The maximum absolute atomic E-state index is 13.7. The second-order valence-electron chi connectivity index (χ2n) is 8.67. The summed E-state index contributed by atoms with van der Waals surface area (Å²) in [6.45, 7) is 0.592. The van der Waals surface area contributed by atoms with Gasteiger partial charge < -0.3 is 14.6 Å². The SMILES string of the molecule is Cn1cc(C(=O)N2CC[C@@](O)(c3ccccc3)[C@H]3CCCC[C@H]32)c2ccccc21. The largest absolute Gasteiger partial charge is 0.385 e. The lowest BCUT2D eigenvalue weighted by molar-refractivity contribution is -0.110. The van der Waals surface area contributed by atoms with Crippen LogP contribution in [0.5, 0.6) is 0 Å². The molecule has 150 valence electrons. The number of fused-ring (bicyclic) bond motifs is 2. The molecular formula is C25H28N2O2. The highest BCUT2D eigenvalue weighted by Gasteiger charge is 2.50. The van der Waals surface area contributed by atoms with Crippen molar-refractivity contribution in [1.29, 1.82) is 0 Å². The summed E-state index contributed by atoms with van der Waals surface area (Å²) >= 11 is 0. The van der Waals surface area contributed by atoms with Gasteiger partial charge in [0.25, 0.3) is 5.91 Å². The van der Waals surface area contributed by atoms with Crippen LogP contribution in [0.25, 0.3) is 10.9 Å². The van der Waals surface area contributed by atoms with Gasteiger partial charge in [-0.25, -0.2) is 0 Å². The lowest BCUT2D eigenvalue weighted by atomic mass is 9.66. The number of aromatic nitrogens is 1. The van der Waals surface area contributed by atoms with Crippen molar-refractivity contribution >= 4 is 16.8 Å². The van der Waals surface area contributed by atoms with Crippen molar-refractivity contribution in [1.82, 2.24) is 9.47 Å². The molecule has 1 aliphatic carbocycles. The van der Waals surface area contributed by atoms with E-state index in [0.29, 0.717) is 13.0 Å². The monoisotopic (exact) mass is 388 g/mol. The molecule has 1 saturated carbocycles. The quantitative estimate of drug-likeness (QED) is 0.704. The van der Waals surface area contributed by atoms with Crippen LogP contribution in [0.2, 0.25) is 0 Å². The number of amides is 1. The number of carbonyl (C=O) groups excluding carboxylic acids is 1. The van der Waals surface area contributed by atoms with Gasteiger partial charge in [0.05, 0.1) is 11.2 Å². The Balaban J connectivity index is 1.51. The third-order valence-corrected chi connectivity index (χ3v) is 7.14. The van der Waals surface area contributed by atoms with Gasteiger partial charge in [0.2, 0.25) is 0 Å². The van der Waals surface area contributed by atoms with Crippen LogP contribution in [0.3, 0.4) is 0 Å². The second-order valence-corrected chi connectivity index (χ2v) is 8.67. The normalized spacial score (nSPS) is 27.0. The Bertz CT molecular complexity index is 1040. The Kier molecular flexibility index (Phi) is 4.47. The minimum atomic E-state index is -0.845. The summed E-state index contributed by atoms with van der Waals surface area (Å²) in [5.74, 6) is 0.195. The topological polar surface area (TPSA) is 45.5 Å². The molecule has 0 radical (unpaired) electrons. The van der Waals surface area contributed by atoms with Gasteiger partial charge in [-0.3, -0.25) is 4.79 Å². The van der Waals surface area contributed by atoms with E-state index in [1.807, 2.05) is 66.3 Å². The minimum absolute atomic E-state index is 0.0892. The fourth-order valence-electron chi connectivity index (χ4n) is 5.69. The van der Waals surface area contributed by atoms with Crippen molar-refractivity contribution in [2.75, 3.05) is 6.54 Å². The van der Waals surface area contributed by atoms with Gasteiger partial charge in [-0.05, 0) is 30.9 Å². The van der Waals surface area contributed by atoms with E-state index in [-0.39, 0.29) is 17.9 Å². The number of hydrogen-bond acceptors (Lipinski definition) is 2. The number of nitrogens with zero attached hydrogens (tertiary/aromatic N) is 2. The molecule has 1 aromatic heterocycles. The van der Waals surface area contributed by atoms with Crippen molar-refractivity contribution in [2.24, 2.45) is 13.0 Å². The Hall–Kier alpha value is -2.59. The number of hydrogen-bond donors (Lipinski definition) is 1. The molecule has 2 fully saturated rings. The van der Waals surface area contributed by atoms with E-state index in [0.717, 1.165) is 47.7 Å². The molecule has 5 rings (SSSR count). The molecule has 4 heteroatoms. The standard InChI is InChI=1S/C25H28N2O2/c1-26-17-20(19-11-5-7-13-22(19)26)24(28)27-16-15-25(29,18-9-3-2-4-10-18)21-12-6-8-14-23(21)27/h2-5,7,9-11,13,17,21,23,29H,6,8,12,14-16H2,1H3/t21-,23+,25+/m0/s1. The zero-order chi connectivity index (χ0) is 20.0. The first-order valence-corrected chi connectivity index (χ1v) is 10.7. The highest BCUT2D eigenvalue weighted by atomic mass is 16.3. The molecule has 29 heavy (non-hydrogen) atoms. The molecule has 1 saturated heterocycles. The summed E-state index contributed by atoms with van der Waals surface area (Å²) in [7, 11) is 1.99. The zero-order valence-electron chi connectivity index (χ0n) is 16.9. The van der Waals surface area contributed by atoms with Crippen LogP contribution in [-0.2, 0) is 12.6 Å². The number of aliphatic hydroxyl groups is 1. The van der Waals surface area contributed by atoms with E-state index in [1.165, 1.54) is 0 Å². The number of rotatable bonds is 2. The Morgan fingerprint density at radius 1 is 1.03 bits per heavy atom. The van der Waals surface area contributed by atoms with Crippen LogP contribution in [0.15, 0.2) is 60.8 Å². The second kappa shape index (κ2) is 7.03. The average molecular weight is 389 g/mol. The van der Waals surface area contributed by atoms with E-state index >= 15 is 0 Å². The van der Waals surface area contributed by atoms with Crippen LogP contribution in [0.4, 0.5) is 0 Å². The molecule has 1 amide bonds. The van der Waals surface area contributed by atoms with Crippen LogP contribution in [0, 0.1) is 5.92 Å². The van der Waals surface area contributed by atoms with Crippen molar-refractivity contribution in [3.63, 3.8) is 0 Å². The summed E-state index contributed by atoms with van der Waals surface area (Å²) < 4.78 is 2.03. The number of para-hydroxylation sites is 1. The fraction of sp³-hybridized carbons (Fsp3) is 0.400. The highest BCUT2D eigenvalue weighted by Crippen LogP contribution is 2.47. The number of piperidine rings is 1. The molecule has 4 nitrogen and oxygen atoms in total. The van der Waals surface area contributed by atoms with Gasteiger partial charge in [-0.1, -0.05) is 61.4 Å². The molecule has 3 aromatic rings. The third-order valence-electron chi connectivity index (χ3n) is 7.14. The summed E-state index contributed by atoms with van der Waals surface area (Å²) in [6, 6.07) is 18.2. The van der Waals surface area contributed by atoms with Crippen molar-refractivity contribution in [3.05, 3.63) is 71.9 Å². The van der Waals surface area contributed by atoms with Crippen LogP contribution < -0.4 is 0 Å². The number of likely N-dealkylation sites (tertiary alicyclic amines) is 1. The van der Waals surface area contributed by atoms with Crippen LogP contribution >= 0.6 is 0 Å². The predicted octanol–water partition coefficient (Wildman–Crippen LogP) is 4.47. The molecule has 1 aliphatic heterocycles. The maximum Gasteiger partial charge on any atom is 0.256 e. The Labute approximate surface area is 171 Å². The highest BCUT2D eigenvalue weighted by molar-refractivity contribution is 6.07. The molecule has 0 spiro atoms. The summed E-state index contributed by atoms with van der Waals surface area (Å²) in [6.07, 6.45) is 6.72. The smallest absolute Gasteiger partial charge is 0.256 e. The molecule has 0 bridgehead atoms. The van der Waals surface area contributed by atoms with E-state index in [9.17, 15) is 9.90 Å². The van der Waals surface area contributed by atoms with Crippen LogP contribution in [-0.4, -0.2) is 33.1 Å². The molecule has 3 atom stereocenters. The molecule has 0 unspecified atom stereocenters. The van der Waals surface area contributed by atoms with Gasteiger partial charge in [0.1, 0.15) is 0 Å².